The number of fused-ring (bicyclic) bond motifs is 1. The van der Waals surface area contributed by atoms with Crippen molar-refractivity contribution in [3.8, 4) is 5.75 Å². The standard InChI is InChI=1S/C28H40N4O5/c1-27(2,3)36-25(33)31-13-10-20(11-14-31)35-24-8-7-23(21-9-12-29-19-22(21)24)30-15-17-32(18-16-30)26(34)37-28(4,5)6/h7-9,12,19-20H,10-11,13-18H2,1-6H3. The van der Waals surface area contributed by atoms with Crippen molar-refractivity contribution in [1.82, 2.24) is 14.8 Å². The Morgan fingerprint density at radius 2 is 1.35 bits per heavy atom. The summed E-state index contributed by atoms with van der Waals surface area (Å²) < 4.78 is 17.5. The van der Waals surface area contributed by atoms with Crippen molar-refractivity contribution in [3.05, 3.63) is 30.6 Å². The van der Waals surface area contributed by atoms with Gasteiger partial charge in [-0.15, -0.1) is 0 Å². The fraction of sp³-hybridized carbons (Fsp3) is 0.607. The summed E-state index contributed by atoms with van der Waals surface area (Å²) in [6, 6.07) is 6.12. The number of amides is 2. The number of piperidine rings is 1. The van der Waals surface area contributed by atoms with Crippen molar-refractivity contribution in [3.63, 3.8) is 0 Å². The molecule has 4 rings (SSSR count). The van der Waals surface area contributed by atoms with Gasteiger partial charge in [-0.05, 0) is 59.7 Å². The summed E-state index contributed by atoms with van der Waals surface area (Å²) in [5.74, 6) is 0.801. The number of nitrogens with zero attached hydrogens (tertiary/aromatic N) is 4. The molecular formula is C28H40N4O5. The zero-order valence-corrected chi connectivity index (χ0v) is 23.0. The van der Waals surface area contributed by atoms with E-state index in [4.69, 9.17) is 14.2 Å². The van der Waals surface area contributed by atoms with E-state index >= 15 is 0 Å². The van der Waals surface area contributed by atoms with Crippen LogP contribution in [0.15, 0.2) is 30.6 Å². The molecule has 2 amide bonds. The van der Waals surface area contributed by atoms with Crippen LogP contribution in [-0.4, -0.2) is 83.5 Å². The molecule has 2 aromatic rings. The first kappa shape index (κ1) is 26.8. The highest BCUT2D eigenvalue weighted by atomic mass is 16.6. The fourth-order valence-corrected chi connectivity index (χ4v) is 4.65. The molecule has 0 saturated carbocycles. The average molecular weight is 513 g/mol. The zero-order chi connectivity index (χ0) is 26.8. The van der Waals surface area contributed by atoms with Gasteiger partial charge in [-0.3, -0.25) is 4.98 Å². The van der Waals surface area contributed by atoms with Gasteiger partial charge < -0.3 is 28.9 Å². The molecule has 2 fully saturated rings. The molecule has 0 spiro atoms. The molecule has 9 heteroatoms. The van der Waals surface area contributed by atoms with Crippen LogP contribution in [0, 0.1) is 0 Å². The molecular weight excluding hydrogens is 472 g/mol. The predicted molar refractivity (Wildman–Crippen MR) is 143 cm³/mol. The maximum atomic E-state index is 12.5. The second kappa shape index (κ2) is 10.6. The first-order chi connectivity index (χ1) is 17.4. The first-order valence-electron chi connectivity index (χ1n) is 13.1. The Kier molecular flexibility index (Phi) is 7.71. The molecule has 3 heterocycles. The molecule has 37 heavy (non-hydrogen) atoms. The molecule has 0 aliphatic carbocycles. The van der Waals surface area contributed by atoms with E-state index < -0.39 is 11.2 Å². The highest BCUT2D eigenvalue weighted by Crippen LogP contribution is 2.35. The smallest absolute Gasteiger partial charge is 0.410 e. The van der Waals surface area contributed by atoms with Gasteiger partial charge in [-0.1, -0.05) is 0 Å². The number of carbonyl (C=O) groups is 2. The summed E-state index contributed by atoms with van der Waals surface area (Å²) in [6.07, 6.45) is 4.63. The van der Waals surface area contributed by atoms with Crippen LogP contribution in [-0.2, 0) is 9.47 Å². The van der Waals surface area contributed by atoms with Crippen LogP contribution in [0.4, 0.5) is 15.3 Å². The molecule has 1 aromatic heterocycles. The Labute approximate surface area is 219 Å². The molecule has 1 aromatic carbocycles. The lowest BCUT2D eigenvalue weighted by Crippen LogP contribution is -2.50. The lowest BCUT2D eigenvalue weighted by atomic mass is 10.1. The van der Waals surface area contributed by atoms with E-state index in [9.17, 15) is 9.59 Å². The minimum Gasteiger partial charge on any atom is -0.490 e. The monoisotopic (exact) mass is 512 g/mol. The van der Waals surface area contributed by atoms with Crippen LogP contribution in [0.3, 0.4) is 0 Å². The van der Waals surface area contributed by atoms with Crippen molar-refractivity contribution >= 4 is 28.6 Å². The van der Waals surface area contributed by atoms with Crippen molar-refractivity contribution in [2.75, 3.05) is 44.2 Å². The number of carbonyl (C=O) groups excluding carboxylic acids is 2. The topological polar surface area (TPSA) is 84.4 Å². The van der Waals surface area contributed by atoms with E-state index in [2.05, 4.69) is 16.0 Å². The molecule has 0 atom stereocenters. The number of anilines is 1. The molecule has 2 aliphatic rings. The van der Waals surface area contributed by atoms with Gasteiger partial charge in [-0.2, -0.15) is 0 Å². The van der Waals surface area contributed by atoms with Gasteiger partial charge in [-0.25, -0.2) is 9.59 Å². The number of piperazine rings is 1. The van der Waals surface area contributed by atoms with Crippen LogP contribution in [0.5, 0.6) is 5.75 Å². The van der Waals surface area contributed by atoms with Gasteiger partial charge in [0.05, 0.1) is 0 Å². The normalized spacial score (nSPS) is 17.6. The van der Waals surface area contributed by atoms with Crippen molar-refractivity contribution in [2.45, 2.75) is 71.7 Å². The predicted octanol–water partition coefficient (Wildman–Crippen LogP) is 5.07. The molecule has 0 unspecified atom stereocenters. The molecule has 0 bridgehead atoms. The van der Waals surface area contributed by atoms with Gasteiger partial charge in [0.25, 0.3) is 0 Å². The maximum absolute atomic E-state index is 12.5. The van der Waals surface area contributed by atoms with E-state index in [-0.39, 0.29) is 18.3 Å². The summed E-state index contributed by atoms with van der Waals surface area (Å²) in [5, 5.41) is 2.04. The Morgan fingerprint density at radius 1 is 0.784 bits per heavy atom. The third-order valence-electron chi connectivity index (χ3n) is 6.41. The summed E-state index contributed by atoms with van der Waals surface area (Å²) in [4.78, 5) is 35.0. The van der Waals surface area contributed by atoms with Gasteiger partial charge in [0.2, 0.25) is 0 Å². The summed E-state index contributed by atoms with van der Waals surface area (Å²) in [7, 11) is 0. The maximum Gasteiger partial charge on any atom is 0.410 e. The minimum atomic E-state index is -0.500. The van der Waals surface area contributed by atoms with Crippen molar-refractivity contribution < 1.29 is 23.8 Å². The number of hydrogen-bond acceptors (Lipinski definition) is 7. The SMILES string of the molecule is CC(C)(C)OC(=O)N1CCC(Oc2ccc(N3CCN(C(=O)OC(C)(C)C)CC3)c3ccncc23)CC1. The van der Waals surface area contributed by atoms with E-state index in [0.717, 1.165) is 48.1 Å². The van der Waals surface area contributed by atoms with Crippen molar-refractivity contribution in [2.24, 2.45) is 0 Å². The van der Waals surface area contributed by atoms with Gasteiger partial charge in [0, 0.05) is 81.0 Å². The fourth-order valence-electron chi connectivity index (χ4n) is 4.65. The van der Waals surface area contributed by atoms with Gasteiger partial charge in [0.15, 0.2) is 0 Å². The Morgan fingerprint density at radius 3 is 1.92 bits per heavy atom. The van der Waals surface area contributed by atoms with Crippen LogP contribution in [0.1, 0.15) is 54.4 Å². The molecule has 0 N–H and O–H groups in total. The average Bonchev–Trinajstić information content (AvgIpc) is 2.83. The molecule has 2 saturated heterocycles. The largest absolute Gasteiger partial charge is 0.490 e. The Hall–Kier alpha value is -3.23. The molecule has 2 aliphatic heterocycles. The first-order valence-corrected chi connectivity index (χ1v) is 13.1. The minimum absolute atomic E-state index is 0.0188. The summed E-state index contributed by atoms with van der Waals surface area (Å²) in [6.45, 7) is 15.2. The summed E-state index contributed by atoms with van der Waals surface area (Å²) in [5.41, 5.74) is 0.105. The lowest BCUT2D eigenvalue weighted by Gasteiger charge is -2.37. The third kappa shape index (κ3) is 6.96. The lowest BCUT2D eigenvalue weighted by molar-refractivity contribution is 0.0127. The Balaban J connectivity index is 1.40. The van der Waals surface area contributed by atoms with Crippen LogP contribution in [0.25, 0.3) is 10.8 Å². The van der Waals surface area contributed by atoms with E-state index in [1.165, 1.54) is 0 Å². The van der Waals surface area contributed by atoms with Crippen LogP contribution >= 0.6 is 0 Å². The molecule has 202 valence electrons. The Bertz CT molecular complexity index is 1110. The molecule has 9 nitrogen and oxygen atoms in total. The second-order valence-electron chi connectivity index (χ2n) is 11.7. The van der Waals surface area contributed by atoms with Gasteiger partial charge >= 0.3 is 12.2 Å². The third-order valence-corrected chi connectivity index (χ3v) is 6.41. The van der Waals surface area contributed by atoms with Gasteiger partial charge in [0.1, 0.15) is 23.1 Å². The van der Waals surface area contributed by atoms with Crippen LogP contribution in [0.2, 0.25) is 0 Å². The number of rotatable bonds is 3. The number of hydrogen-bond donors (Lipinski definition) is 0. The van der Waals surface area contributed by atoms with E-state index in [1.54, 1.807) is 16.0 Å². The van der Waals surface area contributed by atoms with Crippen molar-refractivity contribution in [1.29, 1.82) is 0 Å². The van der Waals surface area contributed by atoms with Crippen LogP contribution < -0.4 is 9.64 Å². The number of pyridine rings is 1. The second-order valence-corrected chi connectivity index (χ2v) is 11.7. The molecule has 0 radical (unpaired) electrons. The number of likely N-dealkylation sites (tertiary alicyclic amines) is 1. The zero-order valence-electron chi connectivity index (χ0n) is 23.0. The summed E-state index contributed by atoms with van der Waals surface area (Å²) >= 11 is 0. The van der Waals surface area contributed by atoms with E-state index in [1.807, 2.05) is 59.9 Å². The highest BCUT2D eigenvalue weighted by Gasteiger charge is 2.29. The van der Waals surface area contributed by atoms with E-state index in [0.29, 0.717) is 26.2 Å². The number of benzene rings is 1. The number of ether oxygens (including phenoxy) is 3. The quantitative estimate of drug-likeness (QED) is 0.568. The number of aromatic nitrogens is 1. The highest BCUT2D eigenvalue weighted by molar-refractivity contribution is 5.97.